The zero-order valence-corrected chi connectivity index (χ0v) is 21.4. The minimum Gasteiger partial charge on any atom is -0.484 e. The minimum atomic E-state index is 0.0320. The van der Waals surface area contributed by atoms with Crippen molar-refractivity contribution in [1.82, 2.24) is 14.7 Å². The molecular weight excluding hydrogens is 438 g/mol. The molecular formula is C29H39N3O3. The van der Waals surface area contributed by atoms with Crippen molar-refractivity contribution in [2.24, 2.45) is 0 Å². The highest BCUT2D eigenvalue weighted by Gasteiger charge is 2.29. The number of hydrogen-bond donors (Lipinski definition) is 0. The number of ether oxygens (including phenoxy) is 1. The predicted molar refractivity (Wildman–Crippen MR) is 139 cm³/mol. The van der Waals surface area contributed by atoms with Crippen molar-refractivity contribution in [2.75, 3.05) is 32.8 Å². The van der Waals surface area contributed by atoms with E-state index in [2.05, 4.69) is 49.9 Å². The van der Waals surface area contributed by atoms with Crippen LogP contribution < -0.4 is 4.74 Å². The number of carbonyl (C=O) groups is 2. The third kappa shape index (κ3) is 6.63. The first-order chi connectivity index (χ1) is 16.9. The number of amides is 2. The van der Waals surface area contributed by atoms with Gasteiger partial charge in [0.1, 0.15) is 5.75 Å². The third-order valence-electron chi connectivity index (χ3n) is 7.35. The van der Waals surface area contributed by atoms with E-state index in [1.165, 1.54) is 17.5 Å². The van der Waals surface area contributed by atoms with Crippen LogP contribution in [0, 0.1) is 6.92 Å². The Morgan fingerprint density at radius 2 is 1.54 bits per heavy atom. The SMILES string of the molecule is Cc1ccc(CN2CCCN(C(=O)c3ccc(OCC(=O)N4[C@@H](C)CCC[C@@H]4C)cc3)CC2)cc1. The summed E-state index contributed by atoms with van der Waals surface area (Å²) in [4.78, 5) is 32.2. The molecule has 2 aromatic rings. The first-order valence-corrected chi connectivity index (χ1v) is 13.0. The van der Waals surface area contributed by atoms with E-state index in [0.29, 0.717) is 11.3 Å². The Morgan fingerprint density at radius 1 is 0.857 bits per heavy atom. The molecule has 2 aliphatic rings. The van der Waals surface area contributed by atoms with Gasteiger partial charge < -0.3 is 14.5 Å². The van der Waals surface area contributed by atoms with E-state index in [0.717, 1.165) is 52.0 Å². The lowest BCUT2D eigenvalue weighted by molar-refractivity contribution is -0.139. The summed E-state index contributed by atoms with van der Waals surface area (Å²) in [5.41, 5.74) is 3.25. The van der Waals surface area contributed by atoms with Crippen LogP contribution in [0.3, 0.4) is 0 Å². The van der Waals surface area contributed by atoms with Gasteiger partial charge in [-0.3, -0.25) is 14.5 Å². The zero-order valence-electron chi connectivity index (χ0n) is 21.4. The van der Waals surface area contributed by atoms with Crippen LogP contribution in [0.25, 0.3) is 0 Å². The molecule has 35 heavy (non-hydrogen) atoms. The van der Waals surface area contributed by atoms with Crippen molar-refractivity contribution in [1.29, 1.82) is 0 Å². The summed E-state index contributed by atoms with van der Waals surface area (Å²) in [6, 6.07) is 16.4. The second-order valence-electron chi connectivity index (χ2n) is 10.2. The standard InChI is InChI=1S/C29H39N3O3/c1-22-8-10-25(11-9-22)20-30-16-5-17-31(19-18-30)29(34)26-12-14-27(15-13-26)35-21-28(33)32-23(2)6-4-7-24(32)3/h8-15,23-24H,4-7,16-21H2,1-3H3/t23-,24-/m0/s1. The molecule has 4 rings (SSSR count). The van der Waals surface area contributed by atoms with Gasteiger partial charge >= 0.3 is 0 Å². The molecule has 2 atom stereocenters. The van der Waals surface area contributed by atoms with E-state index >= 15 is 0 Å². The summed E-state index contributed by atoms with van der Waals surface area (Å²) in [6.07, 6.45) is 4.23. The Bertz CT molecular complexity index is 979. The number of nitrogens with zero attached hydrogens (tertiary/aromatic N) is 3. The molecule has 2 fully saturated rings. The molecule has 6 heteroatoms. The number of likely N-dealkylation sites (tertiary alicyclic amines) is 1. The molecule has 2 aliphatic heterocycles. The van der Waals surface area contributed by atoms with Gasteiger partial charge in [0, 0.05) is 50.4 Å². The van der Waals surface area contributed by atoms with Crippen molar-refractivity contribution in [3.8, 4) is 5.75 Å². The molecule has 0 aliphatic carbocycles. The Balaban J connectivity index is 1.27. The van der Waals surface area contributed by atoms with E-state index in [4.69, 9.17) is 4.74 Å². The van der Waals surface area contributed by atoms with E-state index in [-0.39, 0.29) is 30.5 Å². The first-order valence-electron chi connectivity index (χ1n) is 13.0. The summed E-state index contributed by atoms with van der Waals surface area (Å²) in [5.74, 6) is 0.706. The topological polar surface area (TPSA) is 53.1 Å². The van der Waals surface area contributed by atoms with Gasteiger partial charge in [-0.2, -0.15) is 0 Å². The minimum absolute atomic E-state index is 0.0320. The lowest BCUT2D eigenvalue weighted by Gasteiger charge is -2.38. The van der Waals surface area contributed by atoms with E-state index in [1.807, 2.05) is 21.9 Å². The summed E-state index contributed by atoms with van der Waals surface area (Å²) in [5, 5.41) is 0. The molecule has 0 N–H and O–H groups in total. The monoisotopic (exact) mass is 477 g/mol. The maximum atomic E-state index is 13.1. The Morgan fingerprint density at radius 3 is 2.23 bits per heavy atom. The van der Waals surface area contributed by atoms with Gasteiger partial charge in [0.2, 0.25) is 0 Å². The third-order valence-corrected chi connectivity index (χ3v) is 7.35. The molecule has 188 valence electrons. The molecule has 2 heterocycles. The number of hydrogen-bond acceptors (Lipinski definition) is 4. The Hall–Kier alpha value is -2.86. The van der Waals surface area contributed by atoms with E-state index < -0.39 is 0 Å². The maximum Gasteiger partial charge on any atom is 0.260 e. The maximum absolute atomic E-state index is 13.1. The molecule has 0 radical (unpaired) electrons. The zero-order chi connectivity index (χ0) is 24.8. The highest BCUT2D eigenvalue weighted by Crippen LogP contribution is 2.23. The smallest absolute Gasteiger partial charge is 0.260 e. The van der Waals surface area contributed by atoms with Crippen molar-refractivity contribution < 1.29 is 14.3 Å². The van der Waals surface area contributed by atoms with Crippen LogP contribution >= 0.6 is 0 Å². The average molecular weight is 478 g/mol. The number of aryl methyl sites for hydroxylation is 1. The highest BCUT2D eigenvalue weighted by atomic mass is 16.5. The van der Waals surface area contributed by atoms with E-state index in [9.17, 15) is 9.59 Å². The molecule has 2 aromatic carbocycles. The lowest BCUT2D eigenvalue weighted by Crippen LogP contribution is -2.49. The van der Waals surface area contributed by atoms with Crippen molar-refractivity contribution >= 4 is 11.8 Å². The molecule has 6 nitrogen and oxygen atoms in total. The Labute approximate surface area is 209 Å². The first kappa shape index (κ1) is 25.2. The van der Waals surface area contributed by atoms with Crippen LogP contribution in [0.1, 0.15) is 61.0 Å². The molecule has 0 unspecified atom stereocenters. The van der Waals surface area contributed by atoms with Crippen molar-refractivity contribution in [2.45, 2.75) is 65.1 Å². The predicted octanol–water partition coefficient (Wildman–Crippen LogP) is 4.51. The highest BCUT2D eigenvalue weighted by molar-refractivity contribution is 5.94. The average Bonchev–Trinajstić information content (AvgIpc) is 3.09. The fourth-order valence-electron chi connectivity index (χ4n) is 5.29. The van der Waals surface area contributed by atoms with Gasteiger partial charge in [0.15, 0.2) is 6.61 Å². The number of carbonyl (C=O) groups excluding carboxylic acids is 2. The van der Waals surface area contributed by atoms with Gasteiger partial charge in [-0.1, -0.05) is 29.8 Å². The Kier molecular flexibility index (Phi) is 8.45. The summed E-state index contributed by atoms with van der Waals surface area (Å²) >= 11 is 0. The quantitative estimate of drug-likeness (QED) is 0.614. The summed E-state index contributed by atoms with van der Waals surface area (Å²) in [6.45, 7) is 10.6. The van der Waals surface area contributed by atoms with Crippen LogP contribution in [-0.4, -0.2) is 71.4 Å². The van der Waals surface area contributed by atoms with Gasteiger partial charge in [-0.15, -0.1) is 0 Å². The molecule has 0 bridgehead atoms. The number of rotatable bonds is 6. The number of piperidine rings is 1. The van der Waals surface area contributed by atoms with Crippen LogP contribution in [0.4, 0.5) is 0 Å². The van der Waals surface area contributed by atoms with Gasteiger partial charge in [-0.25, -0.2) is 0 Å². The molecule has 2 saturated heterocycles. The van der Waals surface area contributed by atoms with Crippen LogP contribution in [-0.2, 0) is 11.3 Å². The van der Waals surface area contributed by atoms with Crippen molar-refractivity contribution in [3.63, 3.8) is 0 Å². The molecule has 2 amide bonds. The second-order valence-corrected chi connectivity index (χ2v) is 10.2. The molecule has 0 saturated carbocycles. The van der Waals surface area contributed by atoms with Crippen molar-refractivity contribution in [3.05, 3.63) is 65.2 Å². The summed E-state index contributed by atoms with van der Waals surface area (Å²) in [7, 11) is 0. The second kappa shape index (κ2) is 11.7. The number of benzene rings is 2. The molecule has 0 spiro atoms. The normalized spacial score (nSPS) is 21.5. The van der Waals surface area contributed by atoms with Crippen LogP contribution in [0.15, 0.2) is 48.5 Å². The summed E-state index contributed by atoms with van der Waals surface area (Å²) < 4.78 is 5.77. The molecule has 0 aromatic heterocycles. The van der Waals surface area contributed by atoms with E-state index in [1.54, 1.807) is 12.1 Å². The largest absolute Gasteiger partial charge is 0.484 e. The van der Waals surface area contributed by atoms with Gasteiger partial charge in [0.25, 0.3) is 11.8 Å². The van der Waals surface area contributed by atoms with Crippen LogP contribution in [0.5, 0.6) is 5.75 Å². The van der Waals surface area contributed by atoms with Crippen LogP contribution in [0.2, 0.25) is 0 Å². The lowest BCUT2D eigenvalue weighted by atomic mass is 9.97. The van der Waals surface area contributed by atoms with Gasteiger partial charge in [0.05, 0.1) is 0 Å². The van der Waals surface area contributed by atoms with Gasteiger partial charge in [-0.05, 0) is 76.3 Å². The fraction of sp³-hybridized carbons (Fsp3) is 0.517. The fourth-order valence-corrected chi connectivity index (χ4v) is 5.29.